The van der Waals surface area contributed by atoms with E-state index in [9.17, 15) is 13.2 Å². The third kappa shape index (κ3) is 3.57. The molecule has 1 rings (SSSR count). The second-order valence-corrected chi connectivity index (χ2v) is 5.78. The first-order chi connectivity index (χ1) is 8.51. The Morgan fingerprint density at radius 3 is 2.67 bits per heavy atom. The van der Waals surface area contributed by atoms with E-state index in [1.165, 1.54) is 12.1 Å². The van der Waals surface area contributed by atoms with Crippen molar-refractivity contribution in [3.05, 3.63) is 24.3 Å². The standard InChI is InChI=1S/C12H14N2O3S/c1-2-9-18(16,17)11-6-4-3-5-10(11)14-12(15)7-8-13/h3-6H,2,7,9H2,1H3,(H,14,15). The third-order valence-electron chi connectivity index (χ3n) is 2.21. The van der Waals surface area contributed by atoms with Crippen molar-refractivity contribution in [3.8, 4) is 6.07 Å². The Kier molecular flexibility index (Phi) is 4.86. The predicted molar refractivity (Wildman–Crippen MR) is 67.6 cm³/mol. The van der Waals surface area contributed by atoms with Crippen LogP contribution in [0.2, 0.25) is 0 Å². The van der Waals surface area contributed by atoms with E-state index in [1.807, 2.05) is 0 Å². The van der Waals surface area contributed by atoms with E-state index in [0.29, 0.717) is 6.42 Å². The topological polar surface area (TPSA) is 87.0 Å². The lowest BCUT2D eigenvalue weighted by Crippen LogP contribution is -2.15. The van der Waals surface area contributed by atoms with Gasteiger partial charge in [0, 0.05) is 0 Å². The minimum absolute atomic E-state index is 0.0259. The molecule has 0 atom stereocenters. The fourth-order valence-electron chi connectivity index (χ4n) is 1.49. The molecule has 5 nitrogen and oxygen atoms in total. The van der Waals surface area contributed by atoms with E-state index in [0.717, 1.165) is 0 Å². The Morgan fingerprint density at radius 1 is 1.39 bits per heavy atom. The SMILES string of the molecule is CCCS(=O)(=O)c1ccccc1NC(=O)CC#N. The first-order valence-electron chi connectivity index (χ1n) is 5.50. The molecule has 0 saturated carbocycles. The maximum absolute atomic E-state index is 12.0. The lowest BCUT2D eigenvalue weighted by molar-refractivity contribution is -0.115. The Labute approximate surface area is 106 Å². The van der Waals surface area contributed by atoms with Crippen LogP contribution in [0.15, 0.2) is 29.2 Å². The number of nitriles is 1. The number of carbonyl (C=O) groups is 1. The van der Waals surface area contributed by atoms with Crippen molar-refractivity contribution in [2.24, 2.45) is 0 Å². The second-order valence-electron chi connectivity index (χ2n) is 3.70. The molecule has 6 heteroatoms. The number of rotatable bonds is 5. The summed E-state index contributed by atoms with van der Waals surface area (Å²) in [6.07, 6.45) is 0.199. The van der Waals surface area contributed by atoms with Crippen LogP contribution in [0, 0.1) is 11.3 Å². The lowest BCUT2D eigenvalue weighted by Gasteiger charge is -2.10. The van der Waals surface area contributed by atoms with E-state index in [1.54, 1.807) is 25.1 Å². The smallest absolute Gasteiger partial charge is 0.238 e. The predicted octanol–water partition coefficient (Wildman–Crippen LogP) is 1.72. The van der Waals surface area contributed by atoms with Crippen LogP contribution in [-0.2, 0) is 14.6 Å². The average Bonchev–Trinajstić information content (AvgIpc) is 2.29. The molecule has 0 fully saturated rings. The van der Waals surface area contributed by atoms with Gasteiger partial charge in [-0.3, -0.25) is 4.79 Å². The van der Waals surface area contributed by atoms with Crippen molar-refractivity contribution in [3.63, 3.8) is 0 Å². The molecule has 0 unspecified atom stereocenters. The molecule has 0 bridgehead atoms. The van der Waals surface area contributed by atoms with Crippen LogP contribution in [0.3, 0.4) is 0 Å². The summed E-state index contributed by atoms with van der Waals surface area (Å²) in [5, 5.41) is 10.8. The summed E-state index contributed by atoms with van der Waals surface area (Å²) in [6.45, 7) is 1.77. The zero-order valence-corrected chi connectivity index (χ0v) is 10.8. The highest BCUT2D eigenvalue weighted by atomic mass is 32.2. The molecule has 0 aromatic heterocycles. The molecule has 1 aromatic carbocycles. The monoisotopic (exact) mass is 266 g/mol. The summed E-state index contributed by atoms with van der Waals surface area (Å²) >= 11 is 0. The molecule has 0 radical (unpaired) electrons. The average molecular weight is 266 g/mol. The number of anilines is 1. The largest absolute Gasteiger partial charge is 0.324 e. The van der Waals surface area contributed by atoms with Gasteiger partial charge in [-0.15, -0.1) is 0 Å². The maximum Gasteiger partial charge on any atom is 0.238 e. The number of sulfone groups is 1. The molecular weight excluding hydrogens is 252 g/mol. The van der Waals surface area contributed by atoms with Gasteiger partial charge in [0.25, 0.3) is 0 Å². The Hall–Kier alpha value is -1.87. The van der Waals surface area contributed by atoms with Crippen molar-refractivity contribution >= 4 is 21.4 Å². The fraction of sp³-hybridized carbons (Fsp3) is 0.333. The molecule has 1 N–H and O–H groups in total. The van der Waals surface area contributed by atoms with Gasteiger partial charge in [-0.2, -0.15) is 5.26 Å². The van der Waals surface area contributed by atoms with E-state index in [2.05, 4.69) is 5.32 Å². The molecule has 1 aromatic rings. The van der Waals surface area contributed by atoms with Crippen molar-refractivity contribution in [2.75, 3.05) is 11.1 Å². The number of hydrogen-bond acceptors (Lipinski definition) is 4. The number of benzene rings is 1. The molecule has 0 saturated heterocycles. The normalized spacial score (nSPS) is 10.7. The summed E-state index contributed by atoms with van der Waals surface area (Å²) in [7, 11) is -3.40. The van der Waals surface area contributed by atoms with Crippen LogP contribution in [0.1, 0.15) is 19.8 Å². The minimum Gasteiger partial charge on any atom is -0.324 e. The van der Waals surface area contributed by atoms with Crippen molar-refractivity contribution in [2.45, 2.75) is 24.7 Å². The minimum atomic E-state index is -3.40. The van der Waals surface area contributed by atoms with Gasteiger partial charge in [-0.25, -0.2) is 8.42 Å². The molecule has 96 valence electrons. The van der Waals surface area contributed by atoms with Crippen LogP contribution < -0.4 is 5.32 Å². The van der Waals surface area contributed by atoms with Gasteiger partial charge >= 0.3 is 0 Å². The van der Waals surface area contributed by atoms with E-state index < -0.39 is 15.7 Å². The van der Waals surface area contributed by atoms with E-state index in [4.69, 9.17) is 5.26 Å². The van der Waals surface area contributed by atoms with Crippen molar-refractivity contribution < 1.29 is 13.2 Å². The van der Waals surface area contributed by atoms with Gasteiger partial charge in [0.1, 0.15) is 6.42 Å². The highest BCUT2D eigenvalue weighted by molar-refractivity contribution is 7.91. The molecule has 0 aliphatic heterocycles. The molecule has 0 heterocycles. The van der Waals surface area contributed by atoms with Gasteiger partial charge in [0.05, 0.1) is 22.4 Å². The lowest BCUT2D eigenvalue weighted by atomic mass is 10.3. The number of nitrogens with one attached hydrogen (secondary N) is 1. The van der Waals surface area contributed by atoms with Crippen LogP contribution in [-0.4, -0.2) is 20.1 Å². The maximum atomic E-state index is 12.0. The summed E-state index contributed by atoms with van der Waals surface area (Å²) in [5.74, 6) is -0.491. The van der Waals surface area contributed by atoms with Crippen molar-refractivity contribution in [1.82, 2.24) is 0 Å². The molecule has 0 aliphatic carbocycles. The molecular formula is C12H14N2O3S. The molecule has 18 heavy (non-hydrogen) atoms. The Balaban J connectivity index is 3.08. The number of carbonyl (C=O) groups excluding carboxylic acids is 1. The van der Waals surface area contributed by atoms with Gasteiger partial charge in [-0.1, -0.05) is 19.1 Å². The Bertz CT molecular complexity index is 573. The number of hydrogen-bond donors (Lipinski definition) is 1. The van der Waals surface area contributed by atoms with Gasteiger partial charge in [0.2, 0.25) is 5.91 Å². The summed E-state index contributed by atoms with van der Waals surface area (Å²) in [5.41, 5.74) is 0.228. The quantitative estimate of drug-likeness (QED) is 0.879. The van der Waals surface area contributed by atoms with Gasteiger partial charge < -0.3 is 5.32 Å². The van der Waals surface area contributed by atoms with Crippen LogP contribution >= 0.6 is 0 Å². The third-order valence-corrected chi connectivity index (χ3v) is 4.18. The van der Waals surface area contributed by atoms with E-state index >= 15 is 0 Å². The van der Waals surface area contributed by atoms with Gasteiger partial charge in [0.15, 0.2) is 9.84 Å². The number of para-hydroxylation sites is 1. The number of nitrogens with zero attached hydrogens (tertiary/aromatic N) is 1. The molecule has 0 spiro atoms. The van der Waals surface area contributed by atoms with Crippen LogP contribution in [0.25, 0.3) is 0 Å². The highest BCUT2D eigenvalue weighted by Crippen LogP contribution is 2.22. The van der Waals surface area contributed by atoms with Crippen LogP contribution in [0.5, 0.6) is 0 Å². The van der Waals surface area contributed by atoms with Crippen molar-refractivity contribution in [1.29, 1.82) is 5.26 Å². The van der Waals surface area contributed by atoms with E-state index in [-0.39, 0.29) is 22.8 Å². The summed E-state index contributed by atoms with van der Waals surface area (Å²) in [6, 6.07) is 7.90. The van der Waals surface area contributed by atoms with Crippen LogP contribution in [0.4, 0.5) is 5.69 Å². The zero-order valence-electron chi connectivity index (χ0n) is 10.0. The Morgan fingerprint density at radius 2 is 2.06 bits per heavy atom. The van der Waals surface area contributed by atoms with Gasteiger partial charge in [-0.05, 0) is 18.6 Å². The fourth-order valence-corrected chi connectivity index (χ4v) is 2.98. The second kappa shape index (κ2) is 6.17. The number of amides is 1. The zero-order chi connectivity index (χ0) is 13.6. The first kappa shape index (κ1) is 14.2. The molecule has 1 amide bonds. The molecule has 0 aliphatic rings. The summed E-state index contributed by atoms with van der Waals surface area (Å²) in [4.78, 5) is 11.4. The first-order valence-corrected chi connectivity index (χ1v) is 7.15. The highest BCUT2D eigenvalue weighted by Gasteiger charge is 2.18. The summed E-state index contributed by atoms with van der Waals surface area (Å²) < 4.78 is 24.0.